The van der Waals surface area contributed by atoms with Gasteiger partial charge in [-0.25, -0.2) is 12.8 Å². The Balaban J connectivity index is 1.74. The summed E-state index contributed by atoms with van der Waals surface area (Å²) in [6.07, 6.45) is 2.30. The van der Waals surface area contributed by atoms with Crippen molar-refractivity contribution >= 4 is 21.7 Å². The molecule has 0 bridgehead atoms. The lowest BCUT2D eigenvalue weighted by molar-refractivity contribution is -0.164. The third kappa shape index (κ3) is 4.47. The molecule has 1 saturated carbocycles. The summed E-state index contributed by atoms with van der Waals surface area (Å²) in [4.78, 5) is 27.5. The van der Waals surface area contributed by atoms with Gasteiger partial charge < -0.3 is 9.64 Å². The predicted octanol–water partition coefficient (Wildman–Crippen LogP) is 2.60. The van der Waals surface area contributed by atoms with E-state index in [-0.39, 0.29) is 29.3 Å². The Bertz CT molecular complexity index is 862. The van der Waals surface area contributed by atoms with Gasteiger partial charge in [0.15, 0.2) is 15.9 Å². The first kappa shape index (κ1) is 21.7. The summed E-state index contributed by atoms with van der Waals surface area (Å²) < 4.78 is 42.5. The van der Waals surface area contributed by atoms with Crippen LogP contribution < -0.4 is 0 Å². The number of benzene rings is 1. The van der Waals surface area contributed by atoms with Crippen molar-refractivity contribution in [3.05, 3.63) is 35.6 Å². The van der Waals surface area contributed by atoms with Gasteiger partial charge in [-0.05, 0) is 50.8 Å². The average molecular weight is 426 g/mol. The second-order valence-corrected chi connectivity index (χ2v) is 10.3. The summed E-state index contributed by atoms with van der Waals surface area (Å²) in [5.41, 5.74) is -0.161. The first-order valence-electron chi connectivity index (χ1n) is 10.2. The van der Waals surface area contributed by atoms with Crippen LogP contribution in [-0.2, 0) is 29.6 Å². The number of rotatable bonds is 6. The standard InChI is InChI=1S/C21H28FNO5S/c1-3-23(18-10-13-29(26,27)14-18)19(24)15(2)28-20(25)21(11-4-5-12-21)16-6-8-17(22)9-7-16/h6-9,15,18H,3-5,10-14H2,1-2H3/t15-,18-/m1/s1. The number of carbonyl (C=O) groups excluding carboxylic acids is 2. The van der Waals surface area contributed by atoms with Gasteiger partial charge in [0.05, 0.1) is 16.9 Å². The molecular weight excluding hydrogens is 397 g/mol. The molecular formula is C21H28FNO5S. The number of amides is 1. The van der Waals surface area contributed by atoms with Crippen LogP contribution in [0.2, 0.25) is 0 Å². The maximum absolute atomic E-state index is 13.3. The summed E-state index contributed by atoms with van der Waals surface area (Å²) >= 11 is 0. The molecule has 1 aliphatic carbocycles. The zero-order chi connectivity index (χ0) is 21.2. The van der Waals surface area contributed by atoms with Crippen molar-refractivity contribution in [2.75, 3.05) is 18.1 Å². The molecule has 0 aromatic heterocycles. The number of hydrogen-bond donors (Lipinski definition) is 0. The highest BCUT2D eigenvalue weighted by atomic mass is 32.2. The van der Waals surface area contributed by atoms with Crippen LogP contribution in [-0.4, -0.2) is 55.4 Å². The predicted molar refractivity (Wildman–Crippen MR) is 107 cm³/mol. The van der Waals surface area contributed by atoms with E-state index in [2.05, 4.69) is 0 Å². The van der Waals surface area contributed by atoms with Crippen LogP contribution in [0.1, 0.15) is 51.5 Å². The molecule has 1 aromatic rings. The van der Waals surface area contributed by atoms with Crippen molar-refractivity contribution in [3.63, 3.8) is 0 Å². The zero-order valence-corrected chi connectivity index (χ0v) is 17.7. The average Bonchev–Trinajstić information content (AvgIpc) is 3.30. The van der Waals surface area contributed by atoms with Crippen molar-refractivity contribution in [1.29, 1.82) is 0 Å². The van der Waals surface area contributed by atoms with Crippen molar-refractivity contribution in [3.8, 4) is 0 Å². The fourth-order valence-electron chi connectivity index (χ4n) is 4.53. The molecule has 1 aliphatic heterocycles. The van der Waals surface area contributed by atoms with Gasteiger partial charge >= 0.3 is 5.97 Å². The van der Waals surface area contributed by atoms with E-state index in [1.807, 2.05) is 0 Å². The second-order valence-electron chi connectivity index (χ2n) is 8.02. The molecule has 2 fully saturated rings. The Morgan fingerprint density at radius 2 is 1.86 bits per heavy atom. The van der Waals surface area contributed by atoms with Crippen LogP contribution in [0, 0.1) is 5.82 Å². The molecule has 160 valence electrons. The minimum absolute atomic E-state index is 0.0488. The van der Waals surface area contributed by atoms with Crippen LogP contribution in [0.15, 0.2) is 24.3 Å². The first-order chi connectivity index (χ1) is 13.7. The molecule has 6 nitrogen and oxygen atoms in total. The second kappa shape index (κ2) is 8.42. The lowest BCUT2D eigenvalue weighted by Gasteiger charge is -2.32. The zero-order valence-electron chi connectivity index (χ0n) is 16.9. The molecule has 1 heterocycles. The Morgan fingerprint density at radius 1 is 1.24 bits per heavy atom. The SMILES string of the molecule is CCN(C(=O)[C@@H](C)OC(=O)C1(c2ccc(F)cc2)CCCC1)[C@@H]1CCS(=O)(=O)C1. The van der Waals surface area contributed by atoms with Crippen LogP contribution in [0.4, 0.5) is 4.39 Å². The molecule has 0 radical (unpaired) electrons. The summed E-state index contributed by atoms with van der Waals surface area (Å²) in [7, 11) is -3.13. The molecule has 8 heteroatoms. The molecule has 2 atom stereocenters. The summed E-state index contributed by atoms with van der Waals surface area (Å²) in [5, 5.41) is 0. The molecule has 2 aliphatic rings. The van der Waals surface area contributed by atoms with E-state index >= 15 is 0 Å². The quantitative estimate of drug-likeness (QED) is 0.655. The number of hydrogen-bond acceptors (Lipinski definition) is 5. The first-order valence-corrected chi connectivity index (χ1v) is 12.0. The Kier molecular flexibility index (Phi) is 6.31. The third-order valence-electron chi connectivity index (χ3n) is 6.15. The molecule has 1 amide bonds. The smallest absolute Gasteiger partial charge is 0.317 e. The van der Waals surface area contributed by atoms with Gasteiger partial charge in [-0.2, -0.15) is 0 Å². The van der Waals surface area contributed by atoms with Gasteiger partial charge in [0.1, 0.15) is 5.82 Å². The van der Waals surface area contributed by atoms with Gasteiger partial charge in [0.2, 0.25) is 0 Å². The van der Waals surface area contributed by atoms with Crippen molar-refractivity contribution in [2.45, 2.75) is 63.5 Å². The molecule has 0 N–H and O–H groups in total. The fourth-order valence-corrected chi connectivity index (χ4v) is 6.26. The molecule has 29 heavy (non-hydrogen) atoms. The number of likely N-dealkylation sites (N-methyl/N-ethyl adjacent to an activating group) is 1. The molecule has 0 spiro atoms. The van der Waals surface area contributed by atoms with Crippen LogP contribution in [0.3, 0.4) is 0 Å². The van der Waals surface area contributed by atoms with Crippen LogP contribution >= 0.6 is 0 Å². The monoisotopic (exact) mass is 425 g/mol. The number of ether oxygens (including phenoxy) is 1. The van der Waals surface area contributed by atoms with Gasteiger partial charge in [0, 0.05) is 12.6 Å². The number of sulfone groups is 1. The normalized spacial score (nSPS) is 23.5. The van der Waals surface area contributed by atoms with Crippen molar-refractivity contribution in [1.82, 2.24) is 4.90 Å². The van der Waals surface area contributed by atoms with Crippen LogP contribution in [0.25, 0.3) is 0 Å². The van der Waals surface area contributed by atoms with E-state index in [9.17, 15) is 22.4 Å². The summed E-state index contributed by atoms with van der Waals surface area (Å²) in [6, 6.07) is 5.50. The van der Waals surface area contributed by atoms with E-state index in [1.54, 1.807) is 19.1 Å². The lowest BCUT2D eigenvalue weighted by Crippen LogP contribution is -2.48. The van der Waals surface area contributed by atoms with Gasteiger partial charge in [-0.15, -0.1) is 0 Å². The van der Waals surface area contributed by atoms with Gasteiger partial charge in [-0.1, -0.05) is 25.0 Å². The molecule has 3 rings (SSSR count). The maximum atomic E-state index is 13.3. The highest BCUT2D eigenvalue weighted by Crippen LogP contribution is 2.42. The Morgan fingerprint density at radius 3 is 2.38 bits per heavy atom. The topological polar surface area (TPSA) is 80.8 Å². The minimum atomic E-state index is -3.13. The molecule has 1 aromatic carbocycles. The molecule has 0 unspecified atom stereocenters. The highest BCUT2D eigenvalue weighted by Gasteiger charge is 2.46. The Hall–Kier alpha value is -1.96. The Labute approximate surface area is 171 Å². The van der Waals surface area contributed by atoms with E-state index in [0.29, 0.717) is 31.4 Å². The number of carbonyl (C=O) groups is 2. The largest absolute Gasteiger partial charge is 0.452 e. The van der Waals surface area contributed by atoms with E-state index < -0.39 is 27.3 Å². The summed E-state index contributed by atoms with van der Waals surface area (Å²) in [5.74, 6) is -1.20. The van der Waals surface area contributed by atoms with E-state index in [4.69, 9.17) is 4.74 Å². The van der Waals surface area contributed by atoms with Crippen LogP contribution in [0.5, 0.6) is 0 Å². The maximum Gasteiger partial charge on any atom is 0.317 e. The number of halogens is 1. The fraction of sp³-hybridized carbons (Fsp3) is 0.619. The lowest BCUT2D eigenvalue weighted by atomic mass is 9.79. The molecule has 1 saturated heterocycles. The highest BCUT2D eigenvalue weighted by molar-refractivity contribution is 7.91. The number of nitrogens with zero attached hydrogens (tertiary/aromatic N) is 1. The van der Waals surface area contributed by atoms with Crippen molar-refractivity contribution < 1.29 is 27.1 Å². The van der Waals surface area contributed by atoms with Crippen molar-refractivity contribution in [2.24, 2.45) is 0 Å². The van der Waals surface area contributed by atoms with E-state index in [1.165, 1.54) is 24.0 Å². The van der Waals surface area contributed by atoms with Gasteiger partial charge in [0.25, 0.3) is 5.91 Å². The minimum Gasteiger partial charge on any atom is -0.452 e. The summed E-state index contributed by atoms with van der Waals surface area (Å²) in [6.45, 7) is 3.66. The van der Waals surface area contributed by atoms with Gasteiger partial charge in [-0.3, -0.25) is 9.59 Å². The van der Waals surface area contributed by atoms with E-state index in [0.717, 1.165) is 12.8 Å². The third-order valence-corrected chi connectivity index (χ3v) is 7.90. The number of esters is 1.